The lowest BCUT2D eigenvalue weighted by Crippen LogP contribution is -2.54. The standard InChI is InChI=1S/C14H26N2O3S/c1-5-20-11-7-6-10(8-11)15-13(19)16(9-12(17)18)14(2,3)4/h10-11H,5-9H2,1-4H3,(H,15,19)(H,17,18). The van der Waals surface area contributed by atoms with E-state index in [-0.39, 0.29) is 18.6 Å². The van der Waals surface area contributed by atoms with Crippen molar-refractivity contribution in [2.45, 2.75) is 63.8 Å². The first-order valence-corrected chi connectivity index (χ1v) is 8.20. The van der Waals surface area contributed by atoms with Crippen LogP contribution in [-0.2, 0) is 4.79 Å². The summed E-state index contributed by atoms with van der Waals surface area (Å²) in [4.78, 5) is 24.6. The number of carboxylic acid groups (broad SMARTS) is 1. The third-order valence-corrected chi connectivity index (χ3v) is 4.70. The molecule has 1 rings (SSSR count). The summed E-state index contributed by atoms with van der Waals surface area (Å²) in [5.41, 5.74) is -0.501. The molecule has 1 aliphatic rings. The zero-order chi connectivity index (χ0) is 15.3. The summed E-state index contributed by atoms with van der Waals surface area (Å²) < 4.78 is 0. The number of aliphatic carboxylic acids is 1. The fourth-order valence-corrected chi connectivity index (χ4v) is 3.60. The summed E-state index contributed by atoms with van der Waals surface area (Å²) in [7, 11) is 0. The van der Waals surface area contributed by atoms with Gasteiger partial charge in [0.2, 0.25) is 0 Å². The minimum atomic E-state index is -0.985. The van der Waals surface area contributed by atoms with Crippen LogP contribution in [0.2, 0.25) is 0 Å². The number of urea groups is 1. The molecule has 20 heavy (non-hydrogen) atoms. The van der Waals surface area contributed by atoms with E-state index in [4.69, 9.17) is 5.11 Å². The van der Waals surface area contributed by atoms with E-state index in [1.54, 1.807) is 0 Å². The molecule has 2 amide bonds. The number of carbonyl (C=O) groups excluding carboxylic acids is 1. The van der Waals surface area contributed by atoms with Gasteiger partial charge in [-0.3, -0.25) is 4.79 Å². The van der Waals surface area contributed by atoms with Crippen molar-refractivity contribution in [2.24, 2.45) is 0 Å². The van der Waals surface area contributed by atoms with Gasteiger partial charge >= 0.3 is 12.0 Å². The molecular weight excluding hydrogens is 276 g/mol. The van der Waals surface area contributed by atoms with Gasteiger partial charge in [0.15, 0.2) is 0 Å². The van der Waals surface area contributed by atoms with Gasteiger partial charge < -0.3 is 15.3 Å². The van der Waals surface area contributed by atoms with E-state index in [1.807, 2.05) is 32.5 Å². The molecule has 0 aromatic carbocycles. The zero-order valence-corrected chi connectivity index (χ0v) is 13.6. The first kappa shape index (κ1) is 17.1. The lowest BCUT2D eigenvalue weighted by atomic mass is 10.1. The highest BCUT2D eigenvalue weighted by atomic mass is 32.2. The Hall–Kier alpha value is -0.910. The van der Waals surface area contributed by atoms with Crippen LogP contribution in [0.1, 0.15) is 47.0 Å². The average Bonchev–Trinajstić information content (AvgIpc) is 2.72. The molecule has 0 saturated heterocycles. The summed E-state index contributed by atoms with van der Waals surface area (Å²) in [5, 5.41) is 12.6. The number of amides is 2. The van der Waals surface area contributed by atoms with Crippen molar-refractivity contribution in [3.63, 3.8) is 0 Å². The highest BCUT2D eigenvalue weighted by Crippen LogP contribution is 2.30. The van der Waals surface area contributed by atoms with Crippen LogP contribution in [0.5, 0.6) is 0 Å². The van der Waals surface area contributed by atoms with Crippen molar-refractivity contribution in [2.75, 3.05) is 12.3 Å². The molecule has 0 bridgehead atoms. The third kappa shape index (κ3) is 5.23. The van der Waals surface area contributed by atoms with Gasteiger partial charge in [0.05, 0.1) is 0 Å². The smallest absolute Gasteiger partial charge is 0.323 e. The van der Waals surface area contributed by atoms with Crippen LogP contribution >= 0.6 is 11.8 Å². The Morgan fingerprint density at radius 1 is 1.35 bits per heavy atom. The van der Waals surface area contributed by atoms with Gasteiger partial charge in [0.1, 0.15) is 6.54 Å². The molecule has 6 heteroatoms. The maximum Gasteiger partial charge on any atom is 0.323 e. The molecule has 1 aliphatic carbocycles. The summed E-state index contributed by atoms with van der Waals surface area (Å²) in [6.07, 6.45) is 3.08. The van der Waals surface area contributed by atoms with Gasteiger partial charge in [-0.25, -0.2) is 4.79 Å². The van der Waals surface area contributed by atoms with E-state index in [2.05, 4.69) is 12.2 Å². The Bertz CT molecular complexity index is 355. The van der Waals surface area contributed by atoms with Crippen molar-refractivity contribution >= 4 is 23.8 Å². The minimum Gasteiger partial charge on any atom is -0.480 e. The number of nitrogens with one attached hydrogen (secondary N) is 1. The van der Waals surface area contributed by atoms with E-state index in [0.717, 1.165) is 25.0 Å². The monoisotopic (exact) mass is 302 g/mol. The molecule has 2 unspecified atom stereocenters. The predicted molar refractivity (Wildman–Crippen MR) is 82.2 cm³/mol. The molecule has 116 valence electrons. The van der Waals surface area contributed by atoms with Gasteiger partial charge in [0, 0.05) is 16.8 Å². The molecule has 5 nitrogen and oxygen atoms in total. The highest BCUT2D eigenvalue weighted by molar-refractivity contribution is 7.99. The van der Waals surface area contributed by atoms with E-state index >= 15 is 0 Å². The van der Waals surface area contributed by atoms with Crippen LogP contribution in [0.15, 0.2) is 0 Å². The molecule has 1 saturated carbocycles. The second-order valence-corrected chi connectivity index (χ2v) is 7.76. The van der Waals surface area contributed by atoms with Gasteiger partial charge in [-0.15, -0.1) is 0 Å². The molecule has 0 radical (unpaired) electrons. The first-order valence-electron chi connectivity index (χ1n) is 7.15. The Labute approximate surface area is 125 Å². The molecule has 0 aromatic rings. The fraction of sp³-hybridized carbons (Fsp3) is 0.857. The van der Waals surface area contributed by atoms with E-state index in [9.17, 15) is 9.59 Å². The van der Waals surface area contributed by atoms with Crippen LogP contribution in [0, 0.1) is 0 Å². The van der Waals surface area contributed by atoms with Crippen molar-refractivity contribution in [1.82, 2.24) is 10.2 Å². The van der Waals surface area contributed by atoms with Crippen LogP contribution in [-0.4, -0.2) is 51.1 Å². The van der Waals surface area contributed by atoms with Crippen molar-refractivity contribution in [3.8, 4) is 0 Å². The molecule has 2 atom stereocenters. The lowest BCUT2D eigenvalue weighted by Gasteiger charge is -2.35. The van der Waals surface area contributed by atoms with Gasteiger partial charge in [-0.2, -0.15) is 11.8 Å². The third-order valence-electron chi connectivity index (χ3n) is 3.46. The Balaban J connectivity index is 2.57. The number of thioether (sulfide) groups is 1. The number of hydrogen-bond acceptors (Lipinski definition) is 3. The SMILES string of the molecule is CCSC1CCC(NC(=O)N(CC(=O)O)C(C)(C)C)C1. The van der Waals surface area contributed by atoms with E-state index < -0.39 is 11.5 Å². The normalized spacial score (nSPS) is 22.6. The summed E-state index contributed by atoms with van der Waals surface area (Å²) in [6, 6.07) is -0.0998. The Kier molecular flexibility index (Phi) is 6.17. The van der Waals surface area contributed by atoms with Crippen molar-refractivity contribution < 1.29 is 14.7 Å². The Morgan fingerprint density at radius 2 is 2.00 bits per heavy atom. The highest BCUT2D eigenvalue weighted by Gasteiger charge is 2.32. The van der Waals surface area contributed by atoms with E-state index in [0.29, 0.717) is 5.25 Å². The molecule has 0 spiro atoms. The molecule has 0 aromatic heterocycles. The number of hydrogen-bond donors (Lipinski definition) is 2. The summed E-state index contributed by atoms with van der Waals surface area (Å²) >= 11 is 1.94. The van der Waals surface area contributed by atoms with Crippen LogP contribution in [0.25, 0.3) is 0 Å². The maximum atomic E-state index is 12.3. The second kappa shape index (κ2) is 7.20. The number of carbonyl (C=O) groups is 2. The molecule has 0 heterocycles. The Morgan fingerprint density at radius 3 is 2.50 bits per heavy atom. The fourth-order valence-electron chi connectivity index (χ4n) is 2.46. The molecule has 2 N–H and O–H groups in total. The van der Waals surface area contributed by atoms with Gasteiger partial charge in [0.25, 0.3) is 0 Å². The van der Waals surface area contributed by atoms with Crippen LogP contribution in [0.4, 0.5) is 4.79 Å². The predicted octanol–water partition coefficient (Wildman–Crippen LogP) is 2.56. The van der Waals surface area contributed by atoms with Gasteiger partial charge in [-0.05, 0) is 45.8 Å². The maximum absolute atomic E-state index is 12.3. The zero-order valence-electron chi connectivity index (χ0n) is 12.8. The molecular formula is C14H26N2O3S. The summed E-state index contributed by atoms with van der Waals surface area (Å²) in [6.45, 7) is 7.42. The average molecular weight is 302 g/mol. The summed E-state index contributed by atoms with van der Waals surface area (Å²) in [5.74, 6) is 0.110. The lowest BCUT2D eigenvalue weighted by molar-refractivity contribution is -0.138. The molecule has 0 aliphatic heterocycles. The topological polar surface area (TPSA) is 69.6 Å². The van der Waals surface area contributed by atoms with Crippen LogP contribution < -0.4 is 5.32 Å². The van der Waals surface area contributed by atoms with E-state index in [1.165, 1.54) is 4.90 Å². The number of rotatable bonds is 5. The number of carboxylic acids is 1. The first-order chi connectivity index (χ1) is 9.24. The quantitative estimate of drug-likeness (QED) is 0.819. The molecule has 1 fully saturated rings. The number of nitrogens with zero attached hydrogens (tertiary/aromatic N) is 1. The van der Waals surface area contributed by atoms with Crippen molar-refractivity contribution in [3.05, 3.63) is 0 Å². The minimum absolute atomic E-state index is 0.171. The van der Waals surface area contributed by atoms with Crippen molar-refractivity contribution in [1.29, 1.82) is 0 Å². The second-order valence-electron chi connectivity index (χ2n) is 6.19. The largest absolute Gasteiger partial charge is 0.480 e. The van der Waals surface area contributed by atoms with Gasteiger partial charge in [-0.1, -0.05) is 6.92 Å². The van der Waals surface area contributed by atoms with Crippen LogP contribution in [0.3, 0.4) is 0 Å².